The van der Waals surface area contributed by atoms with E-state index in [9.17, 15) is 9.59 Å². The Hall–Kier alpha value is -2.90. The lowest BCUT2D eigenvalue weighted by molar-refractivity contribution is 0.0529. The van der Waals surface area contributed by atoms with Crippen LogP contribution in [0.3, 0.4) is 0 Å². The summed E-state index contributed by atoms with van der Waals surface area (Å²) in [5.74, 6) is -0.607. The molecule has 1 aliphatic carbocycles. The Morgan fingerprint density at radius 1 is 1.12 bits per heavy atom. The van der Waals surface area contributed by atoms with Gasteiger partial charge in [-0.15, -0.1) is 22.7 Å². The van der Waals surface area contributed by atoms with Crippen LogP contribution < -0.4 is 5.32 Å². The third-order valence-electron chi connectivity index (χ3n) is 6.24. The van der Waals surface area contributed by atoms with E-state index in [4.69, 9.17) is 4.74 Å². The lowest BCUT2D eigenvalue weighted by Gasteiger charge is -2.17. The van der Waals surface area contributed by atoms with E-state index < -0.39 is 5.97 Å². The van der Waals surface area contributed by atoms with Gasteiger partial charge in [-0.05, 0) is 49.8 Å². The maximum Gasteiger partial charge on any atom is 0.341 e. The molecule has 4 aromatic rings. The number of amides is 1. The fraction of sp³-hybridized carbons (Fsp3) is 0.308. The van der Waals surface area contributed by atoms with Gasteiger partial charge in [0, 0.05) is 17.0 Å². The Morgan fingerprint density at radius 3 is 2.61 bits per heavy atom. The van der Waals surface area contributed by atoms with Crippen LogP contribution in [-0.4, -0.2) is 23.1 Å². The van der Waals surface area contributed by atoms with Gasteiger partial charge in [0.05, 0.1) is 16.8 Å². The number of aryl methyl sites for hydroxylation is 1. The SMILES string of the molecule is CCOC(=O)c1c(-c2ccc(C)cc2)csc1NC(=O)c1cc2sccc2n1C1CCCC1. The summed E-state index contributed by atoms with van der Waals surface area (Å²) in [5, 5.41) is 7.56. The van der Waals surface area contributed by atoms with Crippen molar-refractivity contribution < 1.29 is 14.3 Å². The fourth-order valence-corrected chi connectivity index (χ4v) is 6.41. The third-order valence-corrected chi connectivity index (χ3v) is 7.99. The van der Waals surface area contributed by atoms with E-state index in [1.165, 1.54) is 24.2 Å². The molecule has 0 unspecified atom stereocenters. The number of nitrogens with one attached hydrogen (secondary N) is 1. The van der Waals surface area contributed by atoms with Crippen molar-refractivity contribution in [2.45, 2.75) is 45.6 Å². The zero-order valence-corrected chi connectivity index (χ0v) is 20.4. The Balaban J connectivity index is 1.52. The predicted octanol–water partition coefficient (Wildman–Crippen LogP) is 7.28. The molecule has 0 bridgehead atoms. The quantitative estimate of drug-likeness (QED) is 0.296. The fourth-order valence-electron chi connectivity index (χ4n) is 4.64. The van der Waals surface area contributed by atoms with Crippen LogP contribution in [0.4, 0.5) is 5.00 Å². The van der Waals surface area contributed by atoms with E-state index in [2.05, 4.69) is 21.3 Å². The Kier molecular flexibility index (Phi) is 6.08. The van der Waals surface area contributed by atoms with E-state index in [1.54, 1.807) is 18.3 Å². The number of carbonyl (C=O) groups is 2. The Morgan fingerprint density at radius 2 is 1.88 bits per heavy atom. The van der Waals surface area contributed by atoms with Crippen LogP contribution in [0.25, 0.3) is 21.3 Å². The van der Waals surface area contributed by atoms with Crippen LogP contribution in [0.2, 0.25) is 0 Å². The molecule has 5 nitrogen and oxygen atoms in total. The number of rotatable bonds is 6. The van der Waals surface area contributed by atoms with Crippen molar-refractivity contribution in [1.82, 2.24) is 4.57 Å². The molecule has 0 aliphatic heterocycles. The first kappa shape index (κ1) is 21.9. The van der Waals surface area contributed by atoms with E-state index >= 15 is 0 Å². The van der Waals surface area contributed by atoms with E-state index in [0.717, 1.165) is 39.7 Å². The van der Waals surface area contributed by atoms with Crippen LogP contribution in [0.15, 0.2) is 47.2 Å². The molecule has 0 radical (unpaired) electrons. The van der Waals surface area contributed by atoms with Gasteiger partial charge in [-0.25, -0.2) is 4.79 Å². The Bertz CT molecular complexity index is 1310. The largest absolute Gasteiger partial charge is 0.462 e. The molecule has 1 saturated carbocycles. The molecule has 33 heavy (non-hydrogen) atoms. The van der Waals surface area contributed by atoms with Gasteiger partial charge in [-0.1, -0.05) is 42.7 Å². The average Bonchev–Trinajstić information content (AvgIpc) is 3.58. The molecule has 1 aromatic carbocycles. The smallest absolute Gasteiger partial charge is 0.341 e. The normalized spacial score (nSPS) is 14.1. The molecule has 0 atom stereocenters. The number of aromatic nitrogens is 1. The lowest BCUT2D eigenvalue weighted by atomic mass is 10.0. The number of ether oxygens (including phenoxy) is 1. The van der Waals surface area contributed by atoms with Gasteiger partial charge in [-0.3, -0.25) is 4.79 Å². The summed E-state index contributed by atoms with van der Waals surface area (Å²) in [4.78, 5) is 26.4. The van der Waals surface area contributed by atoms with E-state index in [1.807, 2.05) is 42.6 Å². The third kappa shape index (κ3) is 4.11. The molecule has 1 fully saturated rings. The molecule has 3 heterocycles. The maximum absolute atomic E-state index is 13.5. The summed E-state index contributed by atoms with van der Waals surface area (Å²) < 4.78 is 8.67. The highest BCUT2D eigenvalue weighted by Gasteiger charge is 2.27. The van der Waals surface area contributed by atoms with Gasteiger partial charge < -0.3 is 14.6 Å². The van der Waals surface area contributed by atoms with Crippen molar-refractivity contribution in [3.05, 3.63) is 64.0 Å². The Labute approximate surface area is 201 Å². The second kappa shape index (κ2) is 9.15. The number of thiophene rings is 2. The van der Waals surface area contributed by atoms with Crippen LogP contribution in [0.1, 0.15) is 65.1 Å². The summed E-state index contributed by atoms with van der Waals surface area (Å²) in [6.45, 7) is 4.09. The minimum atomic E-state index is -0.420. The van der Waals surface area contributed by atoms with Crippen molar-refractivity contribution in [3.63, 3.8) is 0 Å². The van der Waals surface area contributed by atoms with Crippen molar-refractivity contribution in [2.75, 3.05) is 11.9 Å². The molecule has 1 N–H and O–H groups in total. The minimum absolute atomic E-state index is 0.187. The maximum atomic E-state index is 13.5. The highest BCUT2D eigenvalue weighted by atomic mass is 32.1. The topological polar surface area (TPSA) is 60.3 Å². The molecule has 1 aliphatic rings. The zero-order valence-electron chi connectivity index (χ0n) is 18.7. The van der Waals surface area contributed by atoms with Gasteiger partial charge in [0.25, 0.3) is 5.91 Å². The second-order valence-corrected chi connectivity index (χ2v) is 10.2. The van der Waals surface area contributed by atoms with Crippen molar-refractivity contribution in [3.8, 4) is 11.1 Å². The molecular formula is C26H26N2O3S2. The summed E-state index contributed by atoms with van der Waals surface area (Å²) in [6, 6.07) is 12.4. The molecule has 0 spiro atoms. The molecule has 7 heteroatoms. The monoisotopic (exact) mass is 478 g/mol. The first-order valence-corrected chi connectivity index (χ1v) is 13.1. The second-order valence-electron chi connectivity index (χ2n) is 8.40. The standard InChI is InChI=1S/C26H26N2O3S2/c1-3-31-26(30)23-19(17-10-8-16(2)9-11-17)15-33-25(23)27-24(29)21-14-22-20(12-13-32-22)28(21)18-6-4-5-7-18/h8-15,18H,3-7H2,1-2H3,(H,27,29). The van der Waals surface area contributed by atoms with E-state index in [0.29, 0.717) is 22.3 Å². The lowest BCUT2D eigenvalue weighted by Crippen LogP contribution is -2.20. The molecule has 1 amide bonds. The molecule has 5 rings (SSSR count). The van der Waals surface area contributed by atoms with Crippen LogP contribution >= 0.6 is 22.7 Å². The van der Waals surface area contributed by atoms with Gasteiger partial charge >= 0.3 is 5.97 Å². The van der Waals surface area contributed by atoms with Crippen LogP contribution in [0.5, 0.6) is 0 Å². The first-order chi connectivity index (χ1) is 16.1. The summed E-state index contributed by atoms with van der Waals surface area (Å²) >= 11 is 3.01. The summed E-state index contributed by atoms with van der Waals surface area (Å²) in [6.07, 6.45) is 4.55. The number of hydrogen-bond acceptors (Lipinski definition) is 5. The van der Waals surface area contributed by atoms with Gasteiger partial charge in [0.1, 0.15) is 16.3 Å². The van der Waals surface area contributed by atoms with Gasteiger partial charge in [0.15, 0.2) is 0 Å². The number of benzene rings is 1. The number of nitrogens with zero attached hydrogens (tertiary/aromatic N) is 1. The minimum Gasteiger partial charge on any atom is -0.462 e. The van der Waals surface area contributed by atoms with Crippen molar-refractivity contribution in [2.24, 2.45) is 0 Å². The molecular weight excluding hydrogens is 452 g/mol. The highest BCUT2D eigenvalue weighted by Crippen LogP contribution is 2.39. The first-order valence-electron chi connectivity index (χ1n) is 11.3. The number of esters is 1. The van der Waals surface area contributed by atoms with E-state index in [-0.39, 0.29) is 12.5 Å². The zero-order chi connectivity index (χ0) is 22.9. The number of anilines is 1. The van der Waals surface area contributed by atoms with Crippen molar-refractivity contribution in [1.29, 1.82) is 0 Å². The van der Waals surface area contributed by atoms with Gasteiger partial charge in [0.2, 0.25) is 0 Å². The predicted molar refractivity (Wildman–Crippen MR) is 136 cm³/mol. The van der Waals surface area contributed by atoms with Crippen molar-refractivity contribution >= 4 is 49.8 Å². The molecule has 170 valence electrons. The number of fused-ring (bicyclic) bond motifs is 1. The molecule has 3 aromatic heterocycles. The van der Waals surface area contributed by atoms with Crippen LogP contribution in [0, 0.1) is 6.92 Å². The van der Waals surface area contributed by atoms with Gasteiger partial charge in [-0.2, -0.15) is 0 Å². The number of hydrogen-bond donors (Lipinski definition) is 1. The average molecular weight is 479 g/mol. The summed E-state index contributed by atoms with van der Waals surface area (Å²) in [5.41, 5.74) is 5.04. The molecule has 0 saturated heterocycles. The van der Waals surface area contributed by atoms with Crippen LogP contribution in [-0.2, 0) is 4.74 Å². The highest BCUT2D eigenvalue weighted by molar-refractivity contribution is 7.17. The number of carbonyl (C=O) groups excluding carboxylic acids is 2. The summed E-state index contributed by atoms with van der Waals surface area (Å²) in [7, 11) is 0.